The van der Waals surface area contributed by atoms with E-state index in [1.54, 1.807) is 0 Å². The van der Waals surface area contributed by atoms with E-state index in [1.165, 1.54) is 19.4 Å². The topological polar surface area (TPSA) is 64.1 Å². The summed E-state index contributed by atoms with van der Waals surface area (Å²) >= 11 is 0. The third-order valence-electron chi connectivity index (χ3n) is 5.11. The van der Waals surface area contributed by atoms with Gasteiger partial charge in [-0.05, 0) is 38.1 Å². The minimum absolute atomic E-state index is 0.118. The minimum Gasteiger partial charge on any atom is -0.481 e. The van der Waals surface area contributed by atoms with Gasteiger partial charge >= 0.3 is 12.0 Å². The molecule has 3 heterocycles. The van der Waals surface area contributed by atoms with Gasteiger partial charge in [-0.3, -0.25) is 9.69 Å². The summed E-state index contributed by atoms with van der Waals surface area (Å²) in [6.07, 6.45) is 4.47. The van der Waals surface area contributed by atoms with Crippen LogP contribution in [-0.4, -0.2) is 77.1 Å². The second kappa shape index (κ2) is 6.22. The van der Waals surface area contributed by atoms with E-state index < -0.39 is 5.97 Å². The van der Waals surface area contributed by atoms with Gasteiger partial charge in [0.2, 0.25) is 0 Å². The van der Waals surface area contributed by atoms with Crippen LogP contribution in [0.25, 0.3) is 0 Å². The highest BCUT2D eigenvalue weighted by Gasteiger charge is 2.35. The van der Waals surface area contributed by atoms with Crippen molar-refractivity contribution >= 4 is 12.0 Å². The van der Waals surface area contributed by atoms with Gasteiger partial charge in [-0.25, -0.2) is 4.79 Å². The van der Waals surface area contributed by atoms with E-state index >= 15 is 0 Å². The number of urea groups is 1. The lowest BCUT2D eigenvalue weighted by Gasteiger charge is -2.41. The lowest BCUT2D eigenvalue weighted by molar-refractivity contribution is -0.138. The monoisotopic (exact) mass is 295 g/mol. The minimum atomic E-state index is -0.756. The number of carbonyl (C=O) groups is 2. The molecule has 6 nitrogen and oxygen atoms in total. The lowest BCUT2D eigenvalue weighted by atomic mass is 9.95. The Labute approximate surface area is 125 Å². The van der Waals surface area contributed by atoms with Gasteiger partial charge in [0.1, 0.15) is 0 Å². The highest BCUT2D eigenvalue weighted by atomic mass is 16.4. The first-order valence-electron chi connectivity index (χ1n) is 8.13. The normalized spacial score (nSPS) is 30.3. The lowest BCUT2D eigenvalue weighted by Crippen LogP contribution is -2.56. The van der Waals surface area contributed by atoms with Crippen LogP contribution in [-0.2, 0) is 4.79 Å². The van der Waals surface area contributed by atoms with E-state index in [0.717, 1.165) is 39.0 Å². The Kier molecular flexibility index (Phi) is 4.33. The summed E-state index contributed by atoms with van der Waals surface area (Å²) < 4.78 is 0. The predicted molar refractivity (Wildman–Crippen MR) is 78.1 cm³/mol. The molecular weight excluding hydrogens is 270 g/mol. The SMILES string of the molecule is O=C(O)CC1CCCN(C(=O)N2CCN3CCCC3C2)C1. The number of piperidine rings is 1. The fourth-order valence-electron chi connectivity index (χ4n) is 4.02. The maximum absolute atomic E-state index is 12.7. The summed E-state index contributed by atoms with van der Waals surface area (Å²) in [5.41, 5.74) is 0. The number of hydrogen-bond donors (Lipinski definition) is 1. The second-order valence-corrected chi connectivity index (χ2v) is 6.61. The van der Waals surface area contributed by atoms with Gasteiger partial charge in [0, 0.05) is 45.2 Å². The van der Waals surface area contributed by atoms with Crippen LogP contribution in [0.3, 0.4) is 0 Å². The van der Waals surface area contributed by atoms with Crippen molar-refractivity contribution in [2.75, 3.05) is 39.3 Å². The average Bonchev–Trinajstić information content (AvgIpc) is 2.93. The highest BCUT2D eigenvalue weighted by Crippen LogP contribution is 2.24. The molecular formula is C15H25N3O3. The number of amides is 2. The molecule has 0 aromatic heterocycles. The summed E-state index contributed by atoms with van der Waals surface area (Å²) in [6, 6.07) is 0.666. The van der Waals surface area contributed by atoms with Crippen LogP contribution in [0.15, 0.2) is 0 Å². The van der Waals surface area contributed by atoms with E-state index in [9.17, 15) is 9.59 Å². The van der Waals surface area contributed by atoms with E-state index in [0.29, 0.717) is 12.6 Å². The van der Waals surface area contributed by atoms with Crippen LogP contribution in [0.1, 0.15) is 32.1 Å². The maximum Gasteiger partial charge on any atom is 0.320 e. The quantitative estimate of drug-likeness (QED) is 0.828. The van der Waals surface area contributed by atoms with Crippen molar-refractivity contribution in [3.63, 3.8) is 0 Å². The first-order chi connectivity index (χ1) is 10.1. The Morgan fingerprint density at radius 2 is 1.71 bits per heavy atom. The second-order valence-electron chi connectivity index (χ2n) is 6.61. The Bertz CT molecular complexity index is 415. The van der Waals surface area contributed by atoms with Crippen molar-refractivity contribution in [2.24, 2.45) is 5.92 Å². The molecule has 0 spiro atoms. The maximum atomic E-state index is 12.7. The molecule has 3 saturated heterocycles. The molecule has 0 aliphatic carbocycles. The van der Waals surface area contributed by atoms with Crippen molar-refractivity contribution in [1.82, 2.24) is 14.7 Å². The molecule has 0 saturated carbocycles. The van der Waals surface area contributed by atoms with Crippen molar-refractivity contribution < 1.29 is 14.7 Å². The van der Waals surface area contributed by atoms with E-state index in [2.05, 4.69) is 4.90 Å². The zero-order chi connectivity index (χ0) is 14.8. The number of carboxylic acid groups (broad SMARTS) is 1. The van der Waals surface area contributed by atoms with Gasteiger partial charge in [-0.1, -0.05) is 0 Å². The molecule has 0 radical (unpaired) electrons. The standard InChI is InChI=1S/C15H25N3O3/c19-14(20)9-12-3-1-6-17(10-12)15(21)18-8-7-16-5-2-4-13(16)11-18/h12-13H,1-11H2,(H,19,20). The number of aliphatic carboxylic acids is 1. The summed E-state index contributed by atoms with van der Waals surface area (Å²) in [6.45, 7) is 5.21. The van der Waals surface area contributed by atoms with Gasteiger partial charge in [-0.2, -0.15) is 0 Å². The molecule has 2 unspecified atom stereocenters. The molecule has 2 atom stereocenters. The first kappa shape index (κ1) is 14.6. The van der Waals surface area contributed by atoms with Crippen LogP contribution < -0.4 is 0 Å². The molecule has 3 rings (SSSR count). The van der Waals surface area contributed by atoms with Crippen LogP contribution in [0.2, 0.25) is 0 Å². The zero-order valence-corrected chi connectivity index (χ0v) is 12.5. The molecule has 118 valence electrons. The molecule has 0 aromatic carbocycles. The van der Waals surface area contributed by atoms with Gasteiger partial charge < -0.3 is 14.9 Å². The Hall–Kier alpha value is -1.30. The number of piperazine rings is 1. The summed E-state index contributed by atoms with van der Waals surface area (Å²) in [5.74, 6) is -0.637. The highest BCUT2D eigenvalue weighted by molar-refractivity contribution is 5.75. The van der Waals surface area contributed by atoms with E-state index in [-0.39, 0.29) is 18.4 Å². The molecule has 21 heavy (non-hydrogen) atoms. The summed E-state index contributed by atoms with van der Waals surface area (Å²) in [4.78, 5) is 29.9. The number of rotatable bonds is 2. The summed E-state index contributed by atoms with van der Waals surface area (Å²) in [7, 11) is 0. The molecule has 6 heteroatoms. The van der Waals surface area contributed by atoms with Gasteiger partial charge in [-0.15, -0.1) is 0 Å². The molecule has 3 fully saturated rings. The molecule has 1 N–H and O–H groups in total. The van der Waals surface area contributed by atoms with Gasteiger partial charge in [0.15, 0.2) is 0 Å². The van der Waals surface area contributed by atoms with Crippen LogP contribution in [0.4, 0.5) is 4.79 Å². The summed E-state index contributed by atoms with van der Waals surface area (Å²) in [5, 5.41) is 8.92. The number of fused-ring (bicyclic) bond motifs is 1. The molecule has 2 amide bonds. The number of nitrogens with zero attached hydrogens (tertiary/aromatic N) is 3. The Morgan fingerprint density at radius 3 is 2.52 bits per heavy atom. The first-order valence-corrected chi connectivity index (χ1v) is 8.13. The van der Waals surface area contributed by atoms with E-state index in [1.807, 2.05) is 9.80 Å². The van der Waals surface area contributed by atoms with Crippen LogP contribution in [0, 0.1) is 5.92 Å². The van der Waals surface area contributed by atoms with Gasteiger partial charge in [0.25, 0.3) is 0 Å². The Balaban J connectivity index is 1.55. The molecule has 3 aliphatic heterocycles. The predicted octanol–water partition coefficient (Wildman–Crippen LogP) is 1.07. The third-order valence-corrected chi connectivity index (χ3v) is 5.11. The van der Waals surface area contributed by atoms with Crippen molar-refractivity contribution in [3.05, 3.63) is 0 Å². The van der Waals surface area contributed by atoms with Crippen molar-refractivity contribution in [2.45, 2.75) is 38.1 Å². The van der Waals surface area contributed by atoms with Crippen LogP contribution >= 0.6 is 0 Å². The number of carbonyl (C=O) groups excluding carboxylic acids is 1. The molecule has 0 bridgehead atoms. The number of likely N-dealkylation sites (tertiary alicyclic amines) is 1. The van der Waals surface area contributed by atoms with Crippen molar-refractivity contribution in [1.29, 1.82) is 0 Å². The van der Waals surface area contributed by atoms with Crippen molar-refractivity contribution in [3.8, 4) is 0 Å². The number of hydrogen-bond acceptors (Lipinski definition) is 3. The zero-order valence-electron chi connectivity index (χ0n) is 12.5. The third kappa shape index (κ3) is 3.31. The smallest absolute Gasteiger partial charge is 0.320 e. The van der Waals surface area contributed by atoms with Gasteiger partial charge in [0.05, 0.1) is 0 Å². The van der Waals surface area contributed by atoms with Crippen LogP contribution in [0.5, 0.6) is 0 Å². The molecule has 3 aliphatic rings. The fraction of sp³-hybridized carbons (Fsp3) is 0.867. The molecule has 0 aromatic rings. The average molecular weight is 295 g/mol. The fourth-order valence-corrected chi connectivity index (χ4v) is 4.02. The number of carboxylic acids is 1. The largest absolute Gasteiger partial charge is 0.481 e. The Morgan fingerprint density at radius 1 is 0.952 bits per heavy atom. The van der Waals surface area contributed by atoms with E-state index in [4.69, 9.17) is 5.11 Å².